The van der Waals surface area contributed by atoms with E-state index in [0.717, 1.165) is 61.1 Å². The third kappa shape index (κ3) is 5.96. The zero-order valence-corrected chi connectivity index (χ0v) is 22.0. The number of nitrogens with zero attached hydrogens (tertiary/aromatic N) is 3. The van der Waals surface area contributed by atoms with Crippen molar-refractivity contribution < 1.29 is 18.7 Å². The van der Waals surface area contributed by atoms with Gasteiger partial charge < -0.3 is 20.4 Å². The maximum absolute atomic E-state index is 13.5. The van der Waals surface area contributed by atoms with E-state index >= 15 is 0 Å². The van der Waals surface area contributed by atoms with Crippen LogP contribution in [0.1, 0.15) is 34.3 Å². The summed E-state index contributed by atoms with van der Waals surface area (Å²) in [4.78, 5) is 33.9. The molecule has 6 rings (SSSR count). The van der Waals surface area contributed by atoms with Crippen LogP contribution in [0.2, 0.25) is 0 Å². The molecule has 0 radical (unpaired) electrons. The minimum Gasteiger partial charge on any atom is -0.393 e. The molecule has 0 atom stereocenters. The molecule has 5 aromatic rings. The Morgan fingerprint density at radius 2 is 1.80 bits per heavy atom. The highest BCUT2D eigenvalue weighted by Crippen LogP contribution is 2.25. The van der Waals surface area contributed by atoms with E-state index in [4.69, 9.17) is 0 Å². The molecule has 0 saturated carbocycles. The van der Waals surface area contributed by atoms with Crippen LogP contribution in [0.15, 0.2) is 71.9 Å². The summed E-state index contributed by atoms with van der Waals surface area (Å²) in [5.41, 5.74) is 3.79. The number of halogens is 2. The molecule has 1 aliphatic rings. The SMILES string of the molecule is O=C(Nc1cnn(Cc2ccc(F)c(F)c2)c1)c1c[nH]c(=O)c(-c2cc3cc(CN4CCC(O)CC4)ccc3[nH]2)c1. The molecular formula is C30H28F2N6O3. The smallest absolute Gasteiger partial charge is 0.257 e. The topological polar surface area (TPSA) is 119 Å². The molecule has 11 heteroatoms. The Balaban J connectivity index is 1.16. The maximum atomic E-state index is 13.5. The standard InChI is InChI=1S/C30H28F2N6O3/c31-25-3-1-19(10-26(25)32)16-38-17-22(14-34-38)35-29(40)21-11-24(30(41)33-13-21)28-12-20-9-18(2-4-27(20)36-28)15-37-7-5-23(39)6-8-37/h1-4,9-14,17,23,36,39H,5-8,15-16H2,(H,33,41)(H,35,40). The number of rotatable bonds is 7. The number of aromatic nitrogens is 4. The first-order chi connectivity index (χ1) is 19.8. The predicted octanol–water partition coefficient (Wildman–Crippen LogP) is 4.26. The van der Waals surface area contributed by atoms with Crippen molar-refractivity contribution in [3.8, 4) is 11.3 Å². The van der Waals surface area contributed by atoms with E-state index in [0.29, 0.717) is 22.5 Å². The zero-order chi connectivity index (χ0) is 28.5. The van der Waals surface area contributed by atoms with Crippen LogP contribution < -0.4 is 10.9 Å². The molecule has 9 nitrogen and oxygen atoms in total. The number of aliphatic hydroxyl groups is 1. The van der Waals surface area contributed by atoms with Crippen molar-refractivity contribution in [2.75, 3.05) is 18.4 Å². The van der Waals surface area contributed by atoms with Crippen LogP contribution in [-0.2, 0) is 13.1 Å². The van der Waals surface area contributed by atoms with Gasteiger partial charge in [0.25, 0.3) is 11.5 Å². The predicted molar refractivity (Wildman–Crippen MR) is 151 cm³/mol. The molecule has 41 heavy (non-hydrogen) atoms. The van der Waals surface area contributed by atoms with Gasteiger partial charge in [0.05, 0.1) is 41.4 Å². The fraction of sp³-hybridized carbons (Fsp3) is 0.233. The summed E-state index contributed by atoms with van der Waals surface area (Å²) in [6.07, 6.45) is 5.72. The number of hydrogen-bond acceptors (Lipinski definition) is 5. The van der Waals surface area contributed by atoms with Crippen LogP contribution in [0.5, 0.6) is 0 Å². The molecule has 1 amide bonds. The van der Waals surface area contributed by atoms with E-state index in [9.17, 15) is 23.5 Å². The molecule has 0 aliphatic carbocycles. The normalized spacial score (nSPS) is 14.5. The Kier molecular flexibility index (Phi) is 7.21. The van der Waals surface area contributed by atoms with Gasteiger partial charge >= 0.3 is 0 Å². The minimum absolute atomic E-state index is 0.194. The summed E-state index contributed by atoms with van der Waals surface area (Å²) in [5.74, 6) is -2.30. The summed E-state index contributed by atoms with van der Waals surface area (Å²) in [7, 11) is 0. The van der Waals surface area contributed by atoms with E-state index in [1.807, 2.05) is 12.1 Å². The second-order valence-corrected chi connectivity index (χ2v) is 10.4. The van der Waals surface area contributed by atoms with E-state index in [-0.39, 0.29) is 23.8 Å². The van der Waals surface area contributed by atoms with Gasteiger partial charge in [0.1, 0.15) is 0 Å². The van der Waals surface area contributed by atoms with Crippen LogP contribution in [0.25, 0.3) is 22.2 Å². The summed E-state index contributed by atoms with van der Waals surface area (Å²) in [6.45, 7) is 2.70. The molecule has 1 saturated heterocycles. The highest BCUT2D eigenvalue weighted by atomic mass is 19.2. The fourth-order valence-electron chi connectivity index (χ4n) is 5.12. The number of amides is 1. The van der Waals surface area contributed by atoms with E-state index < -0.39 is 17.5 Å². The average Bonchev–Trinajstić information content (AvgIpc) is 3.58. The lowest BCUT2D eigenvalue weighted by molar-refractivity contribution is 0.0792. The van der Waals surface area contributed by atoms with Crippen LogP contribution in [0.3, 0.4) is 0 Å². The molecule has 210 valence electrons. The third-order valence-corrected chi connectivity index (χ3v) is 7.32. The fourth-order valence-corrected chi connectivity index (χ4v) is 5.12. The molecule has 0 unspecified atom stereocenters. The van der Waals surface area contributed by atoms with Crippen molar-refractivity contribution in [1.29, 1.82) is 0 Å². The molecule has 0 bridgehead atoms. The minimum atomic E-state index is -0.938. The Bertz CT molecular complexity index is 1780. The van der Waals surface area contributed by atoms with Crippen LogP contribution in [0, 0.1) is 11.6 Å². The number of piperidine rings is 1. The summed E-state index contributed by atoms with van der Waals surface area (Å²) >= 11 is 0. The van der Waals surface area contributed by atoms with Gasteiger partial charge in [-0.25, -0.2) is 8.78 Å². The highest BCUT2D eigenvalue weighted by Gasteiger charge is 2.18. The van der Waals surface area contributed by atoms with Crippen molar-refractivity contribution in [2.24, 2.45) is 0 Å². The van der Waals surface area contributed by atoms with Crippen molar-refractivity contribution in [2.45, 2.75) is 32.0 Å². The van der Waals surface area contributed by atoms with Crippen LogP contribution in [-0.4, -0.2) is 54.9 Å². The number of carbonyl (C=O) groups is 1. The lowest BCUT2D eigenvalue weighted by atomic mass is 10.1. The second-order valence-electron chi connectivity index (χ2n) is 10.4. The molecule has 3 aromatic heterocycles. The number of anilines is 1. The lowest BCUT2D eigenvalue weighted by Crippen LogP contribution is -2.35. The number of pyridine rings is 1. The molecule has 1 fully saturated rings. The number of fused-ring (bicyclic) bond motifs is 1. The number of aliphatic hydroxyl groups excluding tert-OH is 1. The van der Waals surface area contributed by atoms with Gasteiger partial charge in [0.15, 0.2) is 11.6 Å². The second kappa shape index (κ2) is 11.1. The maximum Gasteiger partial charge on any atom is 0.257 e. The number of likely N-dealkylation sites (tertiary alicyclic amines) is 1. The Labute approximate surface area is 233 Å². The Morgan fingerprint density at radius 1 is 1.02 bits per heavy atom. The lowest BCUT2D eigenvalue weighted by Gasteiger charge is -2.29. The van der Waals surface area contributed by atoms with Crippen molar-refractivity contribution in [3.63, 3.8) is 0 Å². The molecule has 0 spiro atoms. The Morgan fingerprint density at radius 3 is 2.61 bits per heavy atom. The van der Waals surface area contributed by atoms with Gasteiger partial charge in [-0.15, -0.1) is 0 Å². The summed E-state index contributed by atoms with van der Waals surface area (Å²) in [5, 5.41) is 17.6. The van der Waals surface area contributed by atoms with Crippen LogP contribution >= 0.6 is 0 Å². The molecule has 1 aliphatic heterocycles. The quantitative estimate of drug-likeness (QED) is 0.238. The molecule has 4 heterocycles. The Hall–Kier alpha value is -4.61. The molecular weight excluding hydrogens is 530 g/mol. The van der Waals surface area contributed by atoms with Gasteiger partial charge in [-0.2, -0.15) is 5.10 Å². The summed E-state index contributed by atoms with van der Waals surface area (Å²) < 4.78 is 28.2. The van der Waals surface area contributed by atoms with Crippen molar-refractivity contribution in [3.05, 3.63) is 106 Å². The monoisotopic (exact) mass is 558 g/mol. The highest BCUT2D eigenvalue weighted by molar-refractivity contribution is 6.04. The largest absolute Gasteiger partial charge is 0.393 e. The number of nitrogens with one attached hydrogen (secondary N) is 3. The first-order valence-corrected chi connectivity index (χ1v) is 13.3. The van der Waals surface area contributed by atoms with Gasteiger partial charge in [0.2, 0.25) is 0 Å². The van der Waals surface area contributed by atoms with Crippen LogP contribution in [0.4, 0.5) is 14.5 Å². The third-order valence-electron chi connectivity index (χ3n) is 7.32. The first kappa shape index (κ1) is 26.6. The summed E-state index contributed by atoms with van der Waals surface area (Å²) in [6, 6.07) is 13.2. The van der Waals surface area contributed by atoms with E-state index in [1.54, 1.807) is 6.20 Å². The zero-order valence-electron chi connectivity index (χ0n) is 22.0. The van der Waals surface area contributed by atoms with Gasteiger partial charge in [-0.3, -0.25) is 19.2 Å². The van der Waals surface area contributed by atoms with E-state index in [2.05, 4.69) is 37.4 Å². The van der Waals surface area contributed by atoms with Crippen molar-refractivity contribution >= 4 is 22.5 Å². The first-order valence-electron chi connectivity index (χ1n) is 13.3. The van der Waals surface area contributed by atoms with Crippen molar-refractivity contribution in [1.82, 2.24) is 24.6 Å². The number of H-pyrrole nitrogens is 2. The van der Waals surface area contributed by atoms with Gasteiger partial charge in [0, 0.05) is 42.9 Å². The van der Waals surface area contributed by atoms with Gasteiger partial charge in [-0.1, -0.05) is 12.1 Å². The average molecular weight is 559 g/mol. The number of carbonyl (C=O) groups excluding carboxylic acids is 1. The molecule has 4 N–H and O–H groups in total. The number of aromatic amines is 2. The number of benzene rings is 2. The van der Waals surface area contributed by atoms with E-state index in [1.165, 1.54) is 29.2 Å². The number of hydrogen-bond donors (Lipinski definition) is 4. The van der Waals surface area contributed by atoms with Gasteiger partial charge in [-0.05, 0) is 60.4 Å². The molecule has 2 aromatic carbocycles.